The van der Waals surface area contributed by atoms with Gasteiger partial charge >= 0.3 is 0 Å². The number of hydrogen-bond donors (Lipinski definition) is 2. The average molecular weight is 376 g/mol. The fourth-order valence-corrected chi connectivity index (χ4v) is 2.83. The zero-order valence-corrected chi connectivity index (χ0v) is 15.1. The van der Waals surface area contributed by atoms with Crippen LogP contribution in [0.2, 0.25) is 0 Å². The maximum absolute atomic E-state index is 12.0. The molecule has 0 saturated heterocycles. The van der Waals surface area contributed by atoms with E-state index in [1.165, 1.54) is 11.1 Å². The second kappa shape index (κ2) is 9.48. The Kier molecular flexibility index (Phi) is 7.30. The van der Waals surface area contributed by atoms with Crippen LogP contribution in [0.1, 0.15) is 30.5 Å². The number of halogens is 1. The van der Waals surface area contributed by atoms with Crippen molar-refractivity contribution in [1.29, 1.82) is 0 Å². The smallest absolute Gasteiger partial charge is 0.275 e. The summed E-state index contributed by atoms with van der Waals surface area (Å²) in [6, 6.07) is 18.9. The fraction of sp³-hybridized carbons (Fsp3) is 0.316. The maximum atomic E-state index is 12.0. The quantitative estimate of drug-likeness (QED) is 0.731. The van der Waals surface area contributed by atoms with Gasteiger partial charge in [-0.3, -0.25) is 4.79 Å². The molecule has 0 radical (unpaired) electrons. The molecule has 0 bridgehead atoms. The third-order valence-corrected chi connectivity index (χ3v) is 4.43. The van der Waals surface area contributed by atoms with E-state index < -0.39 is 0 Å². The number of nitrogens with one attached hydrogen (secondary N) is 1. The van der Waals surface area contributed by atoms with E-state index in [0.29, 0.717) is 19.1 Å². The molecule has 2 rings (SSSR count). The van der Waals surface area contributed by atoms with E-state index in [9.17, 15) is 4.79 Å². The van der Waals surface area contributed by atoms with Crippen LogP contribution in [0.4, 0.5) is 0 Å². The molecule has 0 aliphatic rings. The third-order valence-electron chi connectivity index (χ3n) is 3.90. The molecule has 122 valence electrons. The highest BCUT2D eigenvalue weighted by Crippen LogP contribution is 2.16. The molecule has 1 atom stereocenters. The van der Waals surface area contributed by atoms with Gasteiger partial charge in [-0.05, 0) is 24.1 Å². The van der Waals surface area contributed by atoms with Gasteiger partial charge in [-0.15, -0.1) is 0 Å². The Morgan fingerprint density at radius 1 is 1.13 bits per heavy atom. The van der Waals surface area contributed by atoms with Crippen molar-refractivity contribution in [3.8, 4) is 0 Å². The highest BCUT2D eigenvalue weighted by molar-refractivity contribution is 9.10. The first kappa shape index (κ1) is 17.7. The van der Waals surface area contributed by atoms with Crippen LogP contribution in [-0.2, 0) is 11.2 Å². The molecule has 0 aliphatic carbocycles. The number of carbonyl (C=O) groups excluding carboxylic acids is 1. The van der Waals surface area contributed by atoms with Crippen molar-refractivity contribution in [2.24, 2.45) is 0 Å². The summed E-state index contributed by atoms with van der Waals surface area (Å²) in [6.07, 6.45) is 1.87. The zero-order valence-electron chi connectivity index (χ0n) is 13.5. The van der Waals surface area contributed by atoms with Gasteiger partial charge in [-0.1, -0.05) is 65.3 Å². The number of quaternary nitrogens is 1. The molecule has 2 aromatic rings. The molecule has 3 nitrogen and oxygen atoms in total. The van der Waals surface area contributed by atoms with Crippen LogP contribution in [0.5, 0.6) is 0 Å². The van der Waals surface area contributed by atoms with Crippen LogP contribution in [0.25, 0.3) is 0 Å². The van der Waals surface area contributed by atoms with Crippen LogP contribution >= 0.6 is 15.9 Å². The van der Waals surface area contributed by atoms with E-state index in [4.69, 9.17) is 0 Å². The van der Waals surface area contributed by atoms with Crippen LogP contribution < -0.4 is 10.6 Å². The normalized spacial score (nSPS) is 11.9. The number of rotatable bonds is 8. The van der Waals surface area contributed by atoms with E-state index in [1.807, 2.05) is 30.3 Å². The third kappa shape index (κ3) is 6.16. The standard InChI is InChI=1S/C19H23BrN2O/c1-2-18(16-8-10-17(20)11-9-16)22-14-19(23)21-13-12-15-6-4-3-5-7-15/h3-11,18,22H,2,12-14H2,1H3,(H,21,23)/p+1/t18-/m0/s1. The lowest BCUT2D eigenvalue weighted by Gasteiger charge is -2.14. The Labute approximate surface area is 146 Å². The first-order valence-electron chi connectivity index (χ1n) is 8.08. The molecule has 0 saturated carbocycles. The Morgan fingerprint density at radius 3 is 2.48 bits per heavy atom. The lowest BCUT2D eigenvalue weighted by molar-refractivity contribution is -0.686. The van der Waals surface area contributed by atoms with E-state index >= 15 is 0 Å². The molecular formula is C19H24BrN2O+. The number of nitrogens with two attached hydrogens (primary N) is 1. The molecule has 0 fully saturated rings. The molecule has 3 N–H and O–H groups in total. The minimum Gasteiger partial charge on any atom is -0.351 e. The van der Waals surface area contributed by atoms with Crippen molar-refractivity contribution >= 4 is 21.8 Å². The van der Waals surface area contributed by atoms with Crippen molar-refractivity contribution in [3.63, 3.8) is 0 Å². The second-order valence-corrected chi connectivity index (χ2v) is 6.51. The van der Waals surface area contributed by atoms with Crippen molar-refractivity contribution in [1.82, 2.24) is 5.32 Å². The fourth-order valence-electron chi connectivity index (χ4n) is 2.56. The first-order valence-corrected chi connectivity index (χ1v) is 8.87. The van der Waals surface area contributed by atoms with Crippen LogP contribution in [0.15, 0.2) is 59.1 Å². The van der Waals surface area contributed by atoms with Crippen LogP contribution in [0, 0.1) is 0 Å². The summed E-state index contributed by atoms with van der Waals surface area (Å²) < 4.78 is 1.08. The Balaban J connectivity index is 1.73. The van der Waals surface area contributed by atoms with Crippen molar-refractivity contribution < 1.29 is 10.1 Å². The lowest BCUT2D eigenvalue weighted by Crippen LogP contribution is -2.87. The first-order chi connectivity index (χ1) is 11.2. The highest BCUT2D eigenvalue weighted by atomic mass is 79.9. The molecule has 1 amide bonds. The number of amides is 1. The van der Waals surface area contributed by atoms with Gasteiger partial charge in [0.25, 0.3) is 5.91 Å². The average Bonchev–Trinajstić information content (AvgIpc) is 2.58. The van der Waals surface area contributed by atoms with E-state index in [2.05, 4.69) is 57.8 Å². The van der Waals surface area contributed by atoms with Gasteiger partial charge in [0.05, 0.1) is 0 Å². The Morgan fingerprint density at radius 2 is 1.83 bits per heavy atom. The molecule has 0 unspecified atom stereocenters. The van der Waals surface area contributed by atoms with Crippen LogP contribution in [-0.4, -0.2) is 19.0 Å². The molecule has 0 heterocycles. The molecular weight excluding hydrogens is 352 g/mol. The Hall–Kier alpha value is -1.65. The van der Waals surface area contributed by atoms with E-state index in [1.54, 1.807) is 0 Å². The molecule has 2 aromatic carbocycles. The summed E-state index contributed by atoms with van der Waals surface area (Å²) in [6.45, 7) is 3.30. The summed E-state index contributed by atoms with van der Waals surface area (Å²) in [7, 11) is 0. The van der Waals surface area contributed by atoms with E-state index in [-0.39, 0.29) is 5.91 Å². The summed E-state index contributed by atoms with van der Waals surface area (Å²) in [4.78, 5) is 12.0. The summed E-state index contributed by atoms with van der Waals surface area (Å²) in [5.41, 5.74) is 2.51. The molecule has 4 heteroatoms. The van der Waals surface area contributed by atoms with Gasteiger partial charge < -0.3 is 10.6 Å². The SMILES string of the molecule is CC[C@H]([NH2+]CC(=O)NCCc1ccccc1)c1ccc(Br)cc1. The van der Waals surface area contributed by atoms with E-state index in [0.717, 1.165) is 17.3 Å². The number of benzene rings is 2. The minimum absolute atomic E-state index is 0.0940. The maximum Gasteiger partial charge on any atom is 0.275 e. The number of carbonyl (C=O) groups is 1. The topological polar surface area (TPSA) is 45.7 Å². The van der Waals surface area contributed by atoms with Crippen molar-refractivity contribution in [2.45, 2.75) is 25.8 Å². The van der Waals surface area contributed by atoms with Crippen LogP contribution in [0.3, 0.4) is 0 Å². The van der Waals surface area contributed by atoms with Gasteiger partial charge in [0.2, 0.25) is 0 Å². The van der Waals surface area contributed by atoms with Crippen molar-refractivity contribution in [3.05, 3.63) is 70.2 Å². The summed E-state index contributed by atoms with van der Waals surface area (Å²) >= 11 is 3.45. The Bertz CT molecular complexity index is 599. The highest BCUT2D eigenvalue weighted by Gasteiger charge is 2.14. The summed E-state index contributed by atoms with van der Waals surface area (Å²) in [5.74, 6) is 0.0940. The number of hydrogen-bond acceptors (Lipinski definition) is 1. The molecule has 23 heavy (non-hydrogen) atoms. The lowest BCUT2D eigenvalue weighted by atomic mass is 10.0. The molecule has 0 aliphatic heterocycles. The predicted molar refractivity (Wildman–Crippen MR) is 97.1 cm³/mol. The monoisotopic (exact) mass is 375 g/mol. The second-order valence-electron chi connectivity index (χ2n) is 5.59. The largest absolute Gasteiger partial charge is 0.351 e. The predicted octanol–water partition coefficient (Wildman–Crippen LogP) is 2.82. The minimum atomic E-state index is 0.0940. The van der Waals surface area contributed by atoms with Gasteiger partial charge in [0, 0.05) is 23.0 Å². The molecule has 0 aromatic heterocycles. The van der Waals surface area contributed by atoms with Crippen molar-refractivity contribution in [2.75, 3.05) is 13.1 Å². The molecule has 0 spiro atoms. The van der Waals surface area contributed by atoms with Gasteiger partial charge in [0.15, 0.2) is 6.54 Å². The van der Waals surface area contributed by atoms with Gasteiger partial charge in [-0.2, -0.15) is 0 Å². The zero-order chi connectivity index (χ0) is 16.5. The van der Waals surface area contributed by atoms with Gasteiger partial charge in [-0.25, -0.2) is 0 Å². The van der Waals surface area contributed by atoms with Gasteiger partial charge in [0.1, 0.15) is 6.04 Å². The summed E-state index contributed by atoms with van der Waals surface area (Å²) in [5, 5.41) is 5.11.